The van der Waals surface area contributed by atoms with Crippen LogP contribution in [0.4, 0.5) is 0 Å². The van der Waals surface area contributed by atoms with Gasteiger partial charge in [-0.05, 0) is 0 Å². The summed E-state index contributed by atoms with van der Waals surface area (Å²) in [4.78, 5) is 12.4. The summed E-state index contributed by atoms with van der Waals surface area (Å²) < 4.78 is 19.7. The van der Waals surface area contributed by atoms with Gasteiger partial charge in [-0.2, -0.15) is 0 Å². The minimum absolute atomic E-state index is 0.0820. The van der Waals surface area contributed by atoms with Crippen molar-refractivity contribution in [2.24, 2.45) is 23.2 Å². The zero-order valence-corrected chi connectivity index (χ0v) is 28.5. The molecule has 6 atom stereocenters. The second kappa shape index (κ2) is 12.7. The molecule has 224 valence electrons. The van der Waals surface area contributed by atoms with Crippen LogP contribution in [0.2, 0.25) is 22.4 Å². The van der Waals surface area contributed by atoms with Gasteiger partial charge in [-0.3, -0.25) is 0 Å². The number of hydrogen-bond donors (Lipinski definition) is 1. The van der Waals surface area contributed by atoms with Gasteiger partial charge in [0.15, 0.2) is 0 Å². The monoisotopic (exact) mass is 636 g/mol. The number of ether oxygens (including phenoxy) is 2. The number of hydrogen-bond acceptors (Lipinski definition) is 5. The molecule has 4 rings (SSSR count). The quantitative estimate of drug-likeness (QED) is 0.186. The van der Waals surface area contributed by atoms with Crippen molar-refractivity contribution in [1.82, 2.24) is 0 Å². The molecule has 1 unspecified atom stereocenters. The maximum absolute atomic E-state index is 12.5. The minimum atomic E-state index is -2.05. The molecule has 1 N–H and O–H groups in total. The first-order valence-corrected chi connectivity index (χ1v) is 19.9. The van der Waals surface area contributed by atoms with Gasteiger partial charge in [-0.1, -0.05) is 0 Å². The average molecular weight is 636 g/mol. The Bertz CT molecular complexity index is 1020. The summed E-state index contributed by atoms with van der Waals surface area (Å²) in [5, 5.41) is 12.6. The predicted molar refractivity (Wildman–Crippen MR) is 165 cm³/mol. The SMILES string of the molecule is COC(=O)/C=C/[C@@]1(CO[Si](C)(C)C(C)(C)C)CCC[C@H]2CO[C@@H]([C@H](O)C(C)([Se]c3ccccc3)C3CCCC3)[C@@H]21. The number of esters is 1. The number of benzene rings is 1. The summed E-state index contributed by atoms with van der Waals surface area (Å²) in [7, 11) is -0.623. The van der Waals surface area contributed by atoms with E-state index in [1.165, 1.54) is 37.3 Å². The van der Waals surface area contributed by atoms with Crippen molar-refractivity contribution < 1.29 is 23.8 Å². The molecule has 1 aromatic carbocycles. The molecule has 7 heteroatoms. The zero-order chi connectivity index (χ0) is 29.2. The van der Waals surface area contributed by atoms with Gasteiger partial charge in [0, 0.05) is 0 Å². The number of aliphatic hydroxyl groups excluding tert-OH is 1. The van der Waals surface area contributed by atoms with Gasteiger partial charge >= 0.3 is 251 Å². The molecule has 0 bridgehead atoms. The van der Waals surface area contributed by atoms with Crippen molar-refractivity contribution >= 4 is 33.7 Å². The number of rotatable bonds is 10. The Morgan fingerprint density at radius 1 is 1.15 bits per heavy atom. The van der Waals surface area contributed by atoms with Crippen molar-refractivity contribution in [2.45, 2.75) is 107 Å². The van der Waals surface area contributed by atoms with E-state index in [0.29, 0.717) is 25.0 Å². The number of carbonyl (C=O) groups excluding carboxylic acids is 1. The van der Waals surface area contributed by atoms with E-state index in [0.717, 1.165) is 19.3 Å². The second-order valence-corrected chi connectivity index (χ2v) is 22.2. The summed E-state index contributed by atoms with van der Waals surface area (Å²) in [6.45, 7) is 14.9. The fraction of sp³-hybridized carbons (Fsp3) is 0.727. The molecule has 1 aliphatic heterocycles. The molecular formula is C33H52O5SeSi. The first-order chi connectivity index (χ1) is 18.8. The fourth-order valence-electron chi connectivity index (χ4n) is 7.11. The van der Waals surface area contributed by atoms with Crippen LogP contribution in [0.5, 0.6) is 0 Å². The van der Waals surface area contributed by atoms with E-state index in [4.69, 9.17) is 13.9 Å². The molecule has 0 amide bonds. The third-order valence-electron chi connectivity index (χ3n) is 10.7. The van der Waals surface area contributed by atoms with Crippen LogP contribution < -0.4 is 4.46 Å². The number of carbonyl (C=O) groups is 1. The summed E-state index contributed by atoms with van der Waals surface area (Å²) in [5.41, 5.74) is -0.384. The molecule has 0 spiro atoms. The Kier molecular flexibility index (Phi) is 10.2. The van der Waals surface area contributed by atoms with E-state index in [2.05, 4.69) is 77.2 Å². The topological polar surface area (TPSA) is 65.0 Å². The number of methoxy groups -OCH3 is 1. The molecular weight excluding hydrogens is 583 g/mol. The van der Waals surface area contributed by atoms with Crippen molar-refractivity contribution in [1.29, 1.82) is 0 Å². The van der Waals surface area contributed by atoms with E-state index >= 15 is 0 Å². The standard InChI is InChI=1S/C33H52O5SeSi/c1-31(2,3)40(6,7)38-23-33(21-19-27(34)36-5)20-13-14-24-22-37-29(28(24)33)30(35)32(4,25-15-11-12-16-25)39-26-17-9-8-10-18-26/h8-10,17-19,21,24-25,28-30,35H,11-16,20,22-23H2,1-7H3/b21-19+/t24-,28+,29+,30-,32?,33+/m0/s1. The van der Waals surface area contributed by atoms with E-state index in [1.54, 1.807) is 6.08 Å². The maximum atomic E-state index is 12.5. The molecule has 1 saturated heterocycles. The Hall–Kier alpha value is -0.954. The van der Waals surface area contributed by atoms with Crippen LogP contribution in [0, 0.1) is 23.2 Å². The molecule has 1 heterocycles. The van der Waals surface area contributed by atoms with Gasteiger partial charge < -0.3 is 0 Å². The van der Waals surface area contributed by atoms with Gasteiger partial charge in [0.25, 0.3) is 0 Å². The Balaban J connectivity index is 1.72. The van der Waals surface area contributed by atoms with Crippen molar-refractivity contribution in [3.63, 3.8) is 0 Å². The molecule has 3 aliphatic rings. The molecule has 1 aromatic rings. The van der Waals surface area contributed by atoms with Gasteiger partial charge in [0.2, 0.25) is 0 Å². The molecule has 5 nitrogen and oxygen atoms in total. The third-order valence-corrected chi connectivity index (χ3v) is 18.3. The van der Waals surface area contributed by atoms with Gasteiger partial charge in [-0.25, -0.2) is 0 Å². The summed E-state index contributed by atoms with van der Waals surface area (Å²) in [6.07, 6.45) is 10.7. The first kappa shape index (κ1) is 32.0. The van der Waals surface area contributed by atoms with Gasteiger partial charge in [0.05, 0.1) is 0 Å². The summed E-state index contributed by atoms with van der Waals surface area (Å²) >= 11 is 0.0982. The van der Waals surface area contributed by atoms with Crippen LogP contribution in [0.1, 0.15) is 72.6 Å². The van der Waals surface area contributed by atoms with Gasteiger partial charge in [0.1, 0.15) is 0 Å². The van der Waals surface area contributed by atoms with Crippen LogP contribution >= 0.6 is 0 Å². The molecule has 2 aliphatic carbocycles. The first-order valence-electron chi connectivity index (χ1n) is 15.3. The fourth-order valence-corrected chi connectivity index (χ4v) is 11.2. The Morgan fingerprint density at radius 3 is 2.45 bits per heavy atom. The summed E-state index contributed by atoms with van der Waals surface area (Å²) in [6, 6.07) is 10.7. The Labute approximate surface area is 250 Å². The van der Waals surface area contributed by atoms with Crippen LogP contribution in [-0.4, -0.2) is 66.9 Å². The van der Waals surface area contributed by atoms with E-state index < -0.39 is 14.4 Å². The number of aliphatic hydroxyl groups is 1. The third kappa shape index (κ3) is 6.66. The molecule has 40 heavy (non-hydrogen) atoms. The molecule has 3 fully saturated rings. The van der Waals surface area contributed by atoms with Crippen LogP contribution in [0.25, 0.3) is 0 Å². The predicted octanol–water partition coefficient (Wildman–Crippen LogP) is 6.30. The van der Waals surface area contributed by atoms with E-state index in [1.807, 2.05) is 0 Å². The van der Waals surface area contributed by atoms with Crippen LogP contribution in [0.3, 0.4) is 0 Å². The van der Waals surface area contributed by atoms with Gasteiger partial charge in [-0.15, -0.1) is 0 Å². The van der Waals surface area contributed by atoms with E-state index in [-0.39, 0.29) is 47.7 Å². The Morgan fingerprint density at radius 2 is 1.82 bits per heavy atom. The summed E-state index contributed by atoms with van der Waals surface area (Å²) in [5.74, 6) is 0.579. The van der Waals surface area contributed by atoms with Crippen LogP contribution in [-0.2, 0) is 18.7 Å². The van der Waals surface area contributed by atoms with Crippen molar-refractivity contribution in [3.8, 4) is 0 Å². The van der Waals surface area contributed by atoms with Crippen LogP contribution in [0.15, 0.2) is 42.5 Å². The normalized spacial score (nSPS) is 30.2. The van der Waals surface area contributed by atoms with Crippen molar-refractivity contribution in [3.05, 3.63) is 42.5 Å². The number of fused-ring (bicyclic) bond motifs is 1. The average Bonchev–Trinajstić information content (AvgIpc) is 3.62. The van der Waals surface area contributed by atoms with Crippen molar-refractivity contribution in [2.75, 3.05) is 20.3 Å². The molecule has 0 radical (unpaired) electrons. The van der Waals surface area contributed by atoms with E-state index in [9.17, 15) is 9.90 Å². The second-order valence-electron chi connectivity index (χ2n) is 14.1. The molecule has 2 saturated carbocycles. The zero-order valence-electron chi connectivity index (χ0n) is 25.8. The molecule has 0 aromatic heterocycles.